The van der Waals surface area contributed by atoms with Crippen LogP contribution in [0.5, 0.6) is 0 Å². The molecule has 1 atom stereocenters. The van der Waals surface area contributed by atoms with Crippen LogP contribution in [0.4, 0.5) is 0 Å². The minimum Gasteiger partial charge on any atom is -0.339 e. The first-order valence-electron chi connectivity index (χ1n) is 7.34. The van der Waals surface area contributed by atoms with Gasteiger partial charge in [-0.25, -0.2) is 0 Å². The Morgan fingerprint density at radius 2 is 2.21 bits per heavy atom. The van der Waals surface area contributed by atoms with E-state index in [9.17, 15) is 4.79 Å². The van der Waals surface area contributed by atoms with Crippen LogP contribution in [0, 0.1) is 5.92 Å². The van der Waals surface area contributed by atoms with Crippen LogP contribution in [-0.4, -0.2) is 22.8 Å². The maximum atomic E-state index is 12.2. The maximum absolute atomic E-state index is 12.2. The highest BCUT2D eigenvalue weighted by molar-refractivity contribution is 5.76. The summed E-state index contributed by atoms with van der Waals surface area (Å²) in [5.74, 6) is 1.04. The molecular weight excluding hydrogens is 236 g/mol. The summed E-state index contributed by atoms with van der Waals surface area (Å²) in [4.78, 5) is 18.2. The van der Waals surface area contributed by atoms with Crippen molar-refractivity contribution in [1.29, 1.82) is 0 Å². The normalized spacial score (nSPS) is 17.4. The molecule has 0 spiro atoms. The lowest BCUT2D eigenvalue weighted by Crippen LogP contribution is -2.29. The molecule has 1 fully saturated rings. The Balaban J connectivity index is 1.84. The van der Waals surface area contributed by atoms with E-state index >= 15 is 0 Å². The third-order valence-corrected chi connectivity index (χ3v) is 4.38. The van der Waals surface area contributed by atoms with Crippen LogP contribution >= 0.6 is 0 Å². The molecular formula is C16H24N2O. The van der Waals surface area contributed by atoms with Gasteiger partial charge in [-0.1, -0.05) is 31.7 Å². The Morgan fingerprint density at radius 3 is 2.84 bits per heavy atom. The second kappa shape index (κ2) is 6.69. The zero-order valence-corrected chi connectivity index (χ0v) is 12.0. The molecule has 0 aliphatic heterocycles. The number of pyridine rings is 1. The molecule has 2 rings (SSSR count). The van der Waals surface area contributed by atoms with E-state index in [1.807, 2.05) is 30.3 Å². The molecule has 0 unspecified atom stereocenters. The van der Waals surface area contributed by atoms with Crippen LogP contribution in [0.1, 0.15) is 57.1 Å². The summed E-state index contributed by atoms with van der Waals surface area (Å²) in [6, 6.07) is 4.05. The van der Waals surface area contributed by atoms with Crippen LogP contribution < -0.4 is 0 Å². The number of aromatic nitrogens is 1. The fraction of sp³-hybridized carbons (Fsp3) is 0.625. The van der Waals surface area contributed by atoms with E-state index in [0.717, 1.165) is 17.9 Å². The Labute approximate surface area is 116 Å². The van der Waals surface area contributed by atoms with Gasteiger partial charge in [0.1, 0.15) is 0 Å². The number of carbonyl (C=O) groups is 1. The van der Waals surface area contributed by atoms with Crippen LogP contribution in [-0.2, 0) is 4.79 Å². The van der Waals surface area contributed by atoms with Gasteiger partial charge in [-0.3, -0.25) is 9.78 Å². The molecule has 3 nitrogen and oxygen atoms in total. The van der Waals surface area contributed by atoms with Crippen LogP contribution in [0.25, 0.3) is 0 Å². The summed E-state index contributed by atoms with van der Waals surface area (Å²) in [6.07, 6.45) is 10.7. The van der Waals surface area contributed by atoms with Crippen molar-refractivity contribution in [2.75, 3.05) is 7.05 Å². The van der Waals surface area contributed by atoms with Crippen LogP contribution in [0.3, 0.4) is 0 Å². The number of nitrogens with zero attached hydrogens (tertiary/aromatic N) is 2. The van der Waals surface area contributed by atoms with Gasteiger partial charge >= 0.3 is 0 Å². The molecule has 1 saturated carbocycles. The number of rotatable bonds is 5. The van der Waals surface area contributed by atoms with Gasteiger partial charge in [0, 0.05) is 25.9 Å². The Kier molecular flexibility index (Phi) is 4.94. The highest BCUT2D eigenvalue weighted by Crippen LogP contribution is 2.29. The quantitative estimate of drug-likeness (QED) is 0.811. The summed E-state index contributed by atoms with van der Waals surface area (Å²) in [5.41, 5.74) is 1.10. The predicted octanol–water partition coefficient (Wildman–Crippen LogP) is 3.57. The Morgan fingerprint density at radius 1 is 1.47 bits per heavy atom. The molecule has 0 N–H and O–H groups in total. The average molecular weight is 260 g/mol. The van der Waals surface area contributed by atoms with E-state index in [1.165, 1.54) is 25.7 Å². The molecule has 0 bridgehead atoms. The van der Waals surface area contributed by atoms with Gasteiger partial charge in [0.2, 0.25) is 5.91 Å². The van der Waals surface area contributed by atoms with Gasteiger partial charge < -0.3 is 4.90 Å². The molecule has 1 aromatic heterocycles. The van der Waals surface area contributed by atoms with E-state index in [4.69, 9.17) is 0 Å². The molecule has 104 valence electrons. The number of carbonyl (C=O) groups excluding carboxylic acids is 1. The fourth-order valence-corrected chi connectivity index (χ4v) is 2.87. The first-order chi connectivity index (χ1) is 9.18. The Bertz CT molecular complexity index is 398. The van der Waals surface area contributed by atoms with Crippen molar-refractivity contribution >= 4 is 5.91 Å². The largest absolute Gasteiger partial charge is 0.339 e. The number of hydrogen-bond donors (Lipinski definition) is 0. The fourth-order valence-electron chi connectivity index (χ4n) is 2.87. The topological polar surface area (TPSA) is 33.2 Å². The monoisotopic (exact) mass is 260 g/mol. The van der Waals surface area contributed by atoms with Crippen molar-refractivity contribution < 1.29 is 4.79 Å². The summed E-state index contributed by atoms with van der Waals surface area (Å²) < 4.78 is 0. The van der Waals surface area contributed by atoms with Crippen LogP contribution in [0.15, 0.2) is 24.5 Å². The van der Waals surface area contributed by atoms with E-state index < -0.39 is 0 Å². The van der Waals surface area contributed by atoms with Gasteiger partial charge in [0.25, 0.3) is 0 Å². The van der Waals surface area contributed by atoms with Crippen molar-refractivity contribution in [2.24, 2.45) is 5.92 Å². The second-order valence-electron chi connectivity index (χ2n) is 5.66. The molecule has 0 radical (unpaired) electrons. The highest BCUT2D eigenvalue weighted by atomic mass is 16.2. The van der Waals surface area contributed by atoms with Crippen molar-refractivity contribution in [3.8, 4) is 0 Å². The smallest absolute Gasteiger partial charge is 0.222 e. The standard InChI is InChI=1S/C16H24N2O/c1-13(15-8-5-11-17-12-15)18(2)16(19)10-9-14-6-3-4-7-14/h5,8,11-14H,3-4,6-7,9-10H2,1-2H3/t13-/m1/s1. The number of hydrogen-bond acceptors (Lipinski definition) is 2. The summed E-state index contributed by atoms with van der Waals surface area (Å²) in [6.45, 7) is 2.06. The number of amides is 1. The van der Waals surface area contributed by atoms with Crippen molar-refractivity contribution in [1.82, 2.24) is 9.88 Å². The first-order valence-corrected chi connectivity index (χ1v) is 7.34. The molecule has 19 heavy (non-hydrogen) atoms. The third-order valence-electron chi connectivity index (χ3n) is 4.38. The molecule has 1 aliphatic rings. The van der Waals surface area contributed by atoms with Gasteiger partial charge in [-0.05, 0) is 30.9 Å². The predicted molar refractivity (Wildman–Crippen MR) is 76.6 cm³/mol. The lowest BCUT2D eigenvalue weighted by Gasteiger charge is -2.25. The maximum Gasteiger partial charge on any atom is 0.222 e. The van der Waals surface area contributed by atoms with Crippen molar-refractivity contribution in [3.05, 3.63) is 30.1 Å². The lowest BCUT2D eigenvalue weighted by molar-refractivity contribution is -0.132. The van der Waals surface area contributed by atoms with E-state index in [0.29, 0.717) is 6.42 Å². The average Bonchev–Trinajstić information content (AvgIpc) is 2.97. The minimum absolute atomic E-state index is 0.102. The Hall–Kier alpha value is -1.38. The lowest BCUT2D eigenvalue weighted by atomic mass is 10.0. The summed E-state index contributed by atoms with van der Waals surface area (Å²) in [5, 5.41) is 0. The second-order valence-corrected chi connectivity index (χ2v) is 5.66. The molecule has 1 heterocycles. The van der Waals surface area contributed by atoms with E-state index in [-0.39, 0.29) is 11.9 Å². The molecule has 0 saturated heterocycles. The van der Waals surface area contributed by atoms with Gasteiger partial charge in [-0.15, -0.1) is 0 Å². The van der Waals surface area contributed by atoms with Crippen LogP contribution in [0.2, 0.25) is 0 Å². The minimum atomic E-state index is 0.102. The molecule has 1 aromatic rings. The zero-order valence-electron chi connectivity index (χ0n) is 12.0. The summed E-state index contributed by atoms with van der Waals surface area (Å²) in [7, 11) is 1.90. The van der Waals surface area contributed by atoms with Crippen molar-refractivity contribution in [3.63, 3.8) is 0 Å². The van der Waals surface area contributed by atoms with Crippen molar-refractivity contribution in [2.45, 2.75) is 51.5 Å². The first kappa shape index (κ1) is 14.0. The van der Waals surface area contributed by atoms with E-state index in [2.05, 4.69) is 11.9 Å². The molecule has 3 heteroatoms. The highest BCUT2D eigenvalue weighted by Gasteiger charge is 2.20. The molecule has 1 aliphatic carbocycles. The third kappa shape index (κ3) is 3.79. The van der Waals surface area contributed by atoms with E-state index in [1.54, 1.807) is 6.20 Å². The molecule has 1 amide bonds. The van der Waals surface area contributed by atoms with Gasteiger partial charge in [0.05, 0.1) is 6.04 Å². The summed E-state index contributed by atoms with van der Waals surface area (Å²) >= 11 is 0. The zero-order chi connectivity index (χ0) is 13.7. The molecule has 0 aromatic carbocycles. The van der Waals surface area contributed by atoms with Gasteiger partial charge in [0.15, 0.2) is 0 Å². The SMILES string of the molecule is C[C@H](c1cccnc1)N(C)C(=O)CCC1CCCC1. The van der Waals surface area contributed by atoms with Gasteiger partial charge in [-0.2, -0.15) is 0 Å².